The van der Waals surface area contributed by atoms with Gasteiger partial charge in [-0.25, -0.2) is 21.9 Å². The number of rotatable bonds is 8. The lowest BCUT2D eigenvalue weighted by atomic mass is 9.97. The summed E-state index contributed by atoms with van der Waals surface area (Å²) in [5.74, 6) is -3.00. The average Bonchev–Trinajstić information content (AvgIpc) is 2.83. The monoisotopic (exact) mass is 500 g/mol. The van der Waals surface area contributed by atoms with E-state index in [0.29, 0.717) is 27.9 Å². The highest BCUT2D eigenvalue weighted by Gasteiger charge is 2.19. The molecule has 4 rings (SSSR count). The molecule has 0 aliphatic carbocycles. The maximum absolute atomic E-state index is 14.5. The Morgan fingerprint density at radius 3 is 2.47 bits per heavy atom. The quantitative estimate of drug-likeness (QED) is 0.200. The van der Waals surface area contributed by atoms with Crippen molar-refractivity contribution >= 4 is 39.2 Å². The second-order valence-corrected chi connectivity index (χ2v) is 8.94. The van der Waals surface area contributed by atoms with Crippen molar-refractivity contribution < 1.29 is 22.0 Å². The lowest BCUT2D eigenvalue weighted by molar-refractivity contribution is 0.103. The summed E-state index contributed by atoms with van der Waals surface area (Å²) in [5, 5.41) is 1.28. The van der Waals surface area contributed by atoms with Crippen LogP contribution in [0.15, 0.2) is 66.9 Å². The van der Waals surface area contributed by atoms with Crippen LogP contribution in [0.5, 0.6) is 0 Å². The minimum absolute atomic E-state index is 0.161. The minimum Gasteiger partial charge on any atom is -0.288 e. The average molecular weight is 501 g/mol. The van der Waals surface area contributed by atoms with Crippen molar-refractivity contribution in [3.05, 3.63) is 100 Å². The largest absolute Gasteiger partial charge is 0.288 e. The molecule has 0 aliphatic heterocycles. The molecule has 0 bridgehead atoms. The van der Waals surface area contributed by atoms with E-state index in [1.807, 2.05) is 18.2 Å². The summed E-state index contributed by atoms with van der Waals surface area (Å²) >= 11 is 5.95. The number of nitrogens with zero attached hydrogens (tertiary/aromatic N) is 1. The van der Waals surface area contributed by atoms with E-state index in [4.69, 9.17) is 11.6 Å². The number of aromatic nitrogens is 1. The van der Waals surface area contributed by atoms with Crippen LogP contribution < -0.4 is 4.72 Å². The Bertz CT molecular complexity index is 1450. The fourth-order valence-electron chi connectivity index (χ4n) is 3.65. The van der Waals surface area contributed by atoms with Gasteiger partial charge in [-0.2, -0.15) is 0 Å². The van der Waals surface area contributed by atoms with Gasteiger partial charge in [-0.3, -0.25) is 9.78 Å². The van der Waals surface area contributed by atoms with Gasteiger partial charge in [0.2, 0.25) is 10.9 Å². The van der Waals surface area contributed by atoms with E-state index in [1.165, 1.54) is 12.1 Å². The van der Waals surface area contributed by atoms with E-state index in [-0.39, 0.29) is 24.1 Å². The van der Waals surface area contributed by atoms with Crippen molar-refractivity contribution in [1.29, 1.82) is 0 Å². The first kappa shape index (κ1) is 23.9. The number of ketones is 1. The van der Waals surface area contributed by atoms with Crippen LogP contribution in [-0.2, 0) is 17.3 Å². The summed E-state index contributed by atoms with van der Waals surface area (Å²) in [4.78, 5) is 17.5. The summed E-state index contributed by atoms with van der Waals surface area (Å²) in [6.45, 7) is 0.161. The lowest BCUT2D eigenvalue weighted by Gasteiger charge is -2.09. The van der Waals surface area contributed by atoms with Gasteiger partial charge in [0.15, 0.2) is 17.4 Å². The van der Waals surface area contributed by atoms with Gasteiger partial charge in [0.1, 0.15) is 0 Å². The molecule has 0 amide bonds. The Kier molecular flexibility index (Phi) is 7.31. The van der Waals surface area contributed by atoms with Crippen molar-refractivity contribution in [1.82, 2.24) is 9.71 Å². The van der Waals surface area contributed by atoms with Gasteiger partial charge in [-0.1, -0.05) is 23.7 Å². The van der Waals surface area contributed by atoms with E-state index >= 15 is 0 Å². The molecule has 0 aliphatic rings. The molecule has 1 N–H and O–H groups in total. The van der Waals surface area contributed by atoms with Gasteiger partial charge in [0.05, 0.1) is 11.1 Å². The molecule has 1 heterocycles. The second-order valence-electron chi connectivity index (χ2n) is 7.68. The number of halogens is 3. The fraction of sp³-hybridized carbons (Fsp3) is 0.120. The van der Waals surface area contributed by atoms with Crippen molar-refractivity contribution in [2.24, 2.45) is 0 Å². The first-order valence-electron chi connectivity index (χ1n) is 10.4. The Morgan fingerprint density at radius 1 is 0.971 bits per heavy atom. The van der Waals surface area contributed by atoms with Crippen molar-refractivity contribution in [3.63, 3.8) is 0 Å². The smallest absolute Gasteiger partial charge is 0.201 e. The molecule has 3 aromatic carbocycles. The summed E-state index contributed by atoms with van der Waals surface area (Å²) < 4.78 is 52.2. The zero-order valence-electron chi connectivity index (χ0n) is 17.7. The van der Waals surface area contributed by atoms with Crippen LogP contribution in [0.1, 0.15) is 27.9 Å². The molecule has 0 radical (unpaired) electrons. The second kappa shape index (κ2) is 10.4. The van der Waals surface area contributed by atoms with Gasteiger partial charge in [0, 0.05) is 34.3 Å². The highest BCUT2D eigenvalue weighted by atomic mass is 35.5. The SMILES string of the molecule is O=C(c1ccc2ncc(-c3ccc(Cl)cc3)cc2c1)c1cc(CCCN[SH](=O)=O)cc(F)c1F. The van der Waals surface area contributed by atoms with Crippen LogP contribution >= 0.6 is 11.6 Å². The topological polar surface area (TPSA) is 76.1 Å². The molecule has 0 unspecified atom stereocenters. The fourth-order valence-corrected chi connectivity index (χ4v) is 4.11. The molecule has 0 saturated heterocycles. The zero-order chi connectivity index (χ0) is 24.2. The number of pyridine rings is 1. The van der Waals surface area contributed by atoms with Crippen LogP contribution in [0.4, 0.5) is 8.78 Å². The molecule has 0 spiro atoms. The number of hydrogen-bond acceptors (Lipinski definition) is 4. The van der Waals surface area contributed by atoms with E-state index in [9.17, 15) is 22.0 Å². The summed E-state index contributed by atoms with van der Waals surface area (Å²) in [6, 6.07) is 16.2. The molecule has 0 saturated carbocycles. The van der Waals surface area contributed by atoms with Crippen LogP contribution in [0.2, 0.25) is 5.02 Å². The van der Waals surface area contributed by atoms with Crippen LogP contribution in [0.3, 0.4) is 0 Å². The van der Waals surface area contributed by atoms with E-state index in [0.717, 1.165) is 17.2 Å². The zero-order valence-corrected chi connectivity index (χ0v) is 19.4. The molecule has 9 heteroatoms. The third-order valence-electron chi connectivity index (χ3n) is 5.34. The molecule has 34 heavy (non-hydrogen) atoms. The lowest BCUT2D eigenvalue weighted by Crippen LogP contribution is -2.13. The number of nitrogens with one attached hydrogen (secondary N) is 1. The van der Waals surface area contributed by atoms with Crippen LogP contribution in [0.25, 0.3) is 22.0 Å². The molecular formula is C25H19ClF2N2O3S. The van der Waals surface area contributed by atoms with Gasteiger partial charge in [0.25, 0.3) is 0 Å². The van der Waals surface area contributed by atoms with Crippen molar-refractivity contribution in [2.45, 2.75) is 12.8 Å². The molecule has 174 valence electrons. The third kappa shape index (κ3) is 5.47. The molecule has 4 aromatic rings. The maximum Gasteiger partial charge on any atom is 0.201 e. The number of carbonyl (C=O) groups excluding carboxylic acids is 1. The Hall–Kier alpha value is -3.20. The third-order valence-corrected chi connectivity index (χ3v) is 6.07. The summed E-state index contributed by atoms with van der Waals surface area (Å²) in [6.07, 6.45) is 2.36. The Labute approximate surface area is 201 Å². The first-order valence-corrected chi connectivity index (χ1v) is 11.9. The Balaban J connectivity index is 1.64. The molecule has 5 nitrogen and oxygen atoms in total. The van der Waals surface area contributed by atoms with Crippen molar-refractivity contribution in [3.8, 4) is 11.1 Å². The summed E-state index contributed by atoms with van der Waals surface area (Å²) in [5.41, 5.74) is 2.59. The molecule has 0 fully saturated rings. The highest BCUT2D eigenvalue weighted by molar-refractivity contribution is 7.70. The van der Waals surface area contributed by atoms with Gasteiger partial charge < -0.3 is 0 Å². The number of benzene rings is 3. The number of hydrogen-bond donors (Lipinski definition) is 2. The highest BCUT2D eigenvalue weighted by Crippen LogP contribution is 2.26. The molecule has 1 aromatic heterocycles. The van der Waals surface area contributed by atoms with E-state index in [1.54, 1.807) is 30.5 Å². The number of aryl methyl sites for hydroxylation is 1. The first-order chi connectivity index (χ1) is 16.3. The Morgan fingerprint density at radius 2 is 1.74 bits per heavy atom. The van der Waals surface area contributed by atoms with Crippen molar-refractivity contribution in [2.75, 3.05) is 6.54 Å². The number of carbonyl (C=O) groups is 1. The van der Waals surface area contributed by atoms with Gasteiger partial charge in [-0.15, -0.1) is 0 Å². The normalized spacial score (nSPS) is 11.3. The molecular weight excluding hydrogens is 482 g/mol. The van der Waals surface area contributed by atoms with Gasteiger partial charge in [-0.05, 0) is 72.5 Å². The maximum atomic E-state index is 14.5. The number of fused-ring (bicyclic) bond motifs is 1. The predicted octanol–water partition coefficient (Wildman–Crippen LogP) is 5.11. The predicted molar refractivity (Wildman–Crippen MR) is 129 cm³/mol. The minimum atomic E-state index is -2.72. The van der Waals surface area contributed by atoms with Crippen LogP contribution in [0, 0.1) is 11.6 Å². The van der Waals surface area contributed by atoms with E-state index < -0.39 is 28.3 Å². The summed E-state index contributed by atoms with van der Waals surface area (Å²) in [7, 11) is -2.72. The number of thiol groups is 1. The van der Waals surface area contributed by atoms with Crippen LogP contribution in [-0.4, -0.2) is 25.7 Å². The van der Waals surface area contributed by atoms with E-state index in [2.05, 4.69) is 9.71 Å². The molecule has 0 atom stereocenters. The standard InChI is InChI=1S/C25H19ClF2N2O3S/c26-20-6-3-16(4-7-20)19-13-18-12-17(5-8-23(18)29-14-19)25(31)21-10-15(11-22(27)24(21)28)2-1-9-30-34(32)33/h3-8,10-14,34H,1-2,9H2,(H,30,32,33). The van der Waals surface area contributed by atoms with Gasteiger partial charge >= 0.3 is 0 Å².